The van der Waals surface area contributed by atoms with Gasteiger partial charge >= 0.3 is 0 Å². The van der Waals surface area contributed by atoms with Crippen molar-refractivity contribution in [3.05, 3.63) is 22.9 Å². The second-order valence-electron chi connectivity index (χ2n) is 3.71. The maximum Gasteiger partial charge on any atom is 0.261 e. The molecule has 1 aliphatic rings. The van der Waals surface area contributed by atoms with E-state index in [0.717, 1.165) is 30.4 Å². The first kappa shape index (κ1) is 11.4. The lowest BCUT2D eigenvalue weighted by atomic mass is 10.2. The van der Waals surface area contributed by atoms with Gasteiger partial charge in [-0.05, 0) is 47.3 Å². The number of aromatic nitrogens is 1. The smallest absolute Gasteiger partial charge is 0.261 e. The van der Waals surface area contributed by atoms with E-state index in [1.54, 1.807) is 18.3 Å². The summed E-state index contributed by atoms with van der Waals surface area (Å²) in [4.78, 5) is 15.7. The zero-order valence-electron chi connectivity index (χ0n) is 8.78. The van der Waals surface area contributed by atoms with Gasteiger partial charge in [-0.3, -0.25) is 4.79 Å². The summed E-state index contributed by atoms with van der Waals surface area (Å²) >= 11 is 3.25. The van der Waals surface area contributed by atoms with Crippen molar-refractivity contribution in [2.75, 3.05) is 6.54 Å². The van der Waals surface area contributed by atoms with Crippen LogP contribution < -0.4 is 10.1 Å². The van der Waals surface area contributed by atoms with Crippen LogP contribution in [0.1, 0.15) is 19.3 Å². The van der Waals surface area contributed by atoms with Crippen LogP contribution in [0.4, 0.5) is 0 Å². The molecule has 16 heavy (non-hydrogen) atoms. The Labute approximate surface area is 103 Å². The monoisotopic (exact) mass is 284 g/mol. The van der Waals surface area contributed by atoms with Crippen molar-refractivity contribution in [2.24, 2.45) is 0 Å². The molecular weight excluding hydrogens is 272 g/mol. The maximum absolute atomic E-state index is 11.6. The van der Waals surface area contributed by atoms with Gasteiger partial charge in [0.2, 0.25) is 0 Å². The maximum atomic E-state index is 11.6. The molecule has 4 nitrogen and oxygen atoms in total. The molecule has 86 valence electrons. The van der Waals surface area contributed by atoms with Crippen LogP contribution in [0.25, 0.3) is 0 Å². The molecule has 0 spiro atoms. The highest BCUT2D eigenvalue weighted by atomic mass is 79.9. The molecule has 1 aliphatic heterocycles. The van der Waals surface area contributed by atoms with Crippen molar-refractivity contribution in [2.45, 2.75) is 25.4 Å². The van der Waals surface area contributed by atoms with Crippen molar-refractivity contribution in [1.82, 2.24) is 10.3 Å². The van der Waals surface area contributed by atoms with Gasteiger partial charge in [-0.25, -0.2) is 4.98 Å². The van der Waals surface area contributed by atoms with Gasteiger partial charge in [-0.15, -0.1) is 0 Å². The zero-order valence-corrected chi connectivity index (χ0v) is 10.4. The lowest BCUT2D eigenvalue weighted by Gasteiger charge is -2.15. The molecule has 1 saturated heterocycles. The van der Waals surface area contributed by atoms with Gasteiger partial charge in [0.15, 0.2) is 6.10 Å². The Morgan fingerprint density at radius 3 is 3.06 bits per heavy atom. The summed E-state index contributed by atoms with van der Waals surface area (Å²) in [6.45, 7) is 0.747. The van der Waals surface area contributed by atoms with Gasteiger partial charge in [0, 0.05) is 6.54 Å². The molecule has 2 rings (SSSR count). The summed E-state index contributed by atoms with van der Waals surface area (Å²) in [5.74, 6) is 0.602. The summed E-state index contributed by atoms with van der Waals surface area (Å²) in [6.07, 6.45) is 4.02. The molecule has 1 fully saturated rings. The van der Waals surface area contributed by atoms with Crippen LogP contribution in [0.3, 0.4) is 0 Å². The first-order valence-corrected chi connectivity index (χ1v) is 6.11. The minimum atomic E-state index is -0.384. The predicted molar refractivity (Wildman–Crippen MR) is 63.2 cm³/mol. The number of nitrogens with zero attached hydrogens (tertiary/aromatic N) is 1. The minimum Gasteiger partial charge on any atom is -0.479 e. The third-order valence-electron chi connectivity index (χ3n) is 2.46. The Kier molecular flexibility index (Phi) is 3.77. The van der Waals surface area contributed by atoms with E-state index in [0.29, 0.717) is 5.75 Å². The van der Waals surface area contributed by atoms with E-state index in [4.69, 9.17) is 4.74 Å². The number of nitrogens with one attached hydrogen (secondary N) is 1. The summed E-state index contributed by atoms with van der Waals surface area (Å²) in [6, 6.07) is 3.60. The highest BCUT2D eigenvalue weighted by Crippen LogP contribution is 2.17. The average Bonchev–Trinajstić information content (AvgIpc) is 2.48. The SMILES string of the molecule is O=C1NCCCCC1Oc1ccc(Br)nc1. The topological polar surface area (TPSA) is 51.2 Å². The van der Waals surface area contributed by atoms with E-state index < -0.39 is 0 Å². The Morgan fingerprint density at radius 1 is 1.44 bits per heavy atom. The Morgan fingerprint density at radius 2 is 2.31 bits per heavy atom. The molecule has 1 N–H and O–H groups in total. The molecule has 2 heterocycles. The molecule has 1 aromatic rings. The van der Waals surface area contributed by atoms with Crippen LogP contribution in [0.5, 0.6) is 5.75 Å². The third-order valence-corrected chi connectivity index (χ3v) is 2.93. The number of pyridine rings is 1. The number of carbonyl (C=O) groups is 1. The third kappa shape index (κ3) is 2.95. The predicted octanol–water partition coefficient (Wildman–Crippen LogP) is 1.89. The Hall–Kier alpha value is -1.10. The fourth-order valence-electron chi connectivity index (χ4n) is 1.62. The van der Waals surface area contributed by atoms with Crippen LogP contribution in [0.2, 0.25) is 0 Å². The van der Waals surface area contributed by atoms with E-state index in [9.17, 15) is 4.79 Å². The van der Waals surface area contributed by atoms with Crippen molar-refractivity contribution in [3.63, 3.8) is 0 Å². The van der Waals surface area contributed by atoms with E-state index in [1.165, 1.54) is 0 Å². The first-order valence-electron chi connectivity index (χ1n) is 5.31. The van der Waals surface area contributed by atoms with E-state index >= 15 is 0 Å². The van der Waals surface area contributed by atoms with Crippen molar-refractivity contribution >= 4 is 21.8 Å². The molecule has 5 heteroatoms. The lowest BCUT2D eigenvalue weighted by Crippen LogP contribution is -2.36. The minimum absolute atomic E-state index is 0.0274. The van der Waals surface area contributed by atoms with Crippen LogP contribution >= 0.6 is 15.9 Å². The Bertz CT molecular complexity index is 367. The molecule has 0 aliphatic carbocycles. The average molecular weight is 285 g/mol. The summed E-state index contributed by atoms with van der Waals surface area (Å²) in [5, 5.41) is 2.83. The Balaban J connectivity index is 2.02. The number of carbonyl (C=O) groups excluding carboxylic acids is 1. The van der Waals surface area contributed by atoms with Gasteiger partial charge in [0.05, 0.1) is 6.20 Å². The number of ether oxygens (including phenoxy) is 1. The van der Waals surface area contributed by atoms with Crippen LogP contribution in [0.15, 0.2) is 22.9 Å². The van der Waals surface area contributed by atoms with Crippen molar-refractivity contribution < 1.29 is 9.53 Å². The van der Waals surface area contributed by atoms with Crippen LogP contribution in [-0.4, -0.2) is 23.5 Å². The molecule has 0 radical (unpaired) electrons. The van der Waals surface area contributed by atoms with Gasteiger partial charge in [0.25, 0.3) is 5.91 Å². The van der Waals surface area contributed by atoms with Gasteiger partial charge in [-0.1, -0.05) is 0 Å². The van der Waals surface area contributed by atoms with Gasteiger partial charge in [0.1, 0.15) is 10.4 Å². The van der Waals surface area contributed by atoms with Crippen LogP contribution in [0, 0.1) is 0 Å². The second-order valence-corrected chi connectivity index (χ2v) is 4.52. The highest BCUT2D eigenvalue weighted by Gasteiger charge is 2.22. The first-order chi connectivity index (χ1) is 7.75. The van der Waals surface area contributed by atoms with E-state index in [-0.39, 0.29) is 12.0 Å². The lowest BCUT2D eigenvalue weighted by molar-refractivity contribution is -0.127. The molecule has 0 saturated carbocycles. The molecule has 1 atom stereocenters. The standard InChI is InChI=1S/C11H13BrN2O2/c12-10-5-4-8(7-14-10)16-9-3-1-2-6-13-11(9)15/h4-5,7,9H,1-3,6H2,(H,13,15). The largest absolute Gasteiger partial charge is 0.479 e. The van der Waals surface area contributed by atoms with Gasteiger partial charge in [-0.2, -0.15) is 0 Å². The molecule has 1 amide bonds. The molecule has 0 bridgehead atoms. The fraction of sp³-hybridized carbons (Fsp3) is 0.455. The van der Waals surface area contributed by atoms with Crippen molar-refractivity contribution in [1.29, 1.82) is 0 Å². The molecule has 0 aromatic carbocycles. The molecular formula is C11H13BrN2O2. The number of amides is 1. The van der Waals surface area contributed by atoms with Gasteiger partial charge < -0.3 is 10.1 Å². The van der Waals surface area contributed by atoms with Crippen molar-refractivity contribution in [3.8, 4) is 5.75 Å². The summed E-state index contributed by atoms with van der Waals surface area (Å²) in [5.41, 5.74) is 0. The molecule has 1 unspecified atom stereocenters. The quantitative estimate of drug-likeness (QED) is 0.844. The molecule has 1 aromatic heterocycles. The second kappa shape index (κ2) is 5.30. The summed E-state index contributed by atoms with van der Waals surface area (Å²) in [7, 11) is 0. The number of hydrogen-bond acceptors (Lipinski definition) is 3. The number of hydrogen-bond donors (Lipinski definition) is 1. The van der Waals surface area contributed by atoms with E-state index in [2.05, 4.69) is 26.2 Å². The zero-order chi connectivity index (χ0) is 11.4. The number of halogens is 1. The van der Waals surface area contributed by atoms with E-state index in [1.807, 2.05) is 0 Å². The number of rotatable bonds is 2. The van der Waals surface area contributed by atoms with Crippen LogP contribution in [-0.2, 0) is 4.79 Å². The summed E-state index contributed by atoms with van der Waals surface area (Å²) < 4.78 is 6.36. The normalized spacial score (nSPS) is 21.1. The highest BCUT2D eigenvalue weighted by molar-refractivity contribution is 9.10. The fourth-order valence-corrected chi connectivity index (χ4v) is 1.85.